The van der Waals surface area contributed by atoms with Crippen LogP contribution < -0.4 is 5.32 Å². The van der Waals surface area contributed by atoms with Gasteiger partial charge in [-0.3, -0.25) is 9.78 Å². The Bertz CT molecular complexity index is 964. The maximum Gasteiger partial charge on any atom is 0.225 e. The Labute approximate surface area is 140 Å². The summed E-state index contributed by atoms with van der Waals surface area (Å²) in [7, 11) is -3.46. The number of anilines is 1. The highest BCUT2D eigenvalue weighted by Crippen LogP contribution is 2.21. The number of nitrogens with zero attached hydrogens (tertiary/aromatic N) is 1. The number of rotatable bonds is 5. The molecule has 1 amide bonds. The molecule has 1 aromatic heterocycles. The van der Waals surface area contributed by atoms with Crippen LogP contribution >= 0.6 is 0 Å². The van der Waals surface area contributed by atoms with Crippen molar-refractivity contribution in [3.8, 4) is 0 Å². The molecule has 2 aromatic carbocycles. The summed E-state index contributed by atoms with van der Waals surface area (Å²) >= 11 is 0. The number of aromatic nitrogens is 1. The van der Waals surface area contributed by atoms with Crippen LogP contribution in [0.5, 0.6) is 0 Å². The molecule has 6 heteroatoms. The molecule has 0 saturated carbocycles. The number of hydrogen-bond donors (Lipinski definition) is 1. The Kier molecular flexibility index (Phi) is 4.57. The molecule has 0 bridgehead atoms. The second-order valence-electron chi connectivity index (χ2n) is 5.31. The predicted molar refractivity (Wildman–Crippen MR) is 93.5 cm³/mol. The molecular formula is C18H16N2O3S. The number of nitrogens with one attached hydrogen (secondary N) is 1. The SMILES string of the molecule is O=C(CCS(=O)(=O)c1ccccc1)Nc1cccc2ncccc12. The molecule has 0 fully saturated rings. The van der Waals surface area contributed by atoms with E-state index in [4.69, 9.17) is 0 Å². The first kappa shape index (κ1) is 16.1. The lowest BCUT2D eigenvalue weighted by Gasteiger charge is -2.08. The van der Waals surface area contributed by atoms with Gasteiger partial charge in [0.25, 0.3) is 0 Å². The van der Waals surface area contributed by atoms with Crippen molar-refractivity contribution >= 4 is 32.3 Å². The highest BCUT2D eigenvalue weighted by atomic mass is 32.2. The zero-order valence-electron chi connectivity index (χ0n) is 12.8. The molecule has 5 nitrogen and oxygen atoms in total. The number of carbonyl (C=O) groups excluding carboxylic acids is 1. The fraction of sp³-hybridized carbons (Fsp3) is 0.111. The first-order valence-corrected chi connectivity index (χ1v) is 9.13. The molecular weight excluding hydrogens is 324 g/mol. The Morgan fingerprint density at radius 1 is 0.958 bits per heavy atom. The molecule has 1 N–H and O–H groups in total. The van der Waals surface area contributed by atoms with Crippen LogP contribution in [-0.4, -0.2) is 25.1 Å². The van der Waals surface area contributed by atoms with Gasteiger partial charge in [-0.05, 0) is 36.4 Å². The van der Waals surface area contributed by atoms with E-state index in [1.807, 2.05) is 12.1 Å². The summed E-state index contributed by atoms with van der Waals surface area (Å²) in [6.07, 6.45) is 1.58. The third-order valence-corrected chi connectivity index (χ3v) is 5.35. The predicted octanol–water partition coefficient (Wildman–Crippen LogP) is 3.04. The van der Waals surface area contributed by atoms with E-state index in [0.717, 1.165) is 10.9 Å². The molecule has 0 aliphatic rings. The van der Waals surface area contributed by atoms with Gasteiger partial charge in [0.15, 0.2) is 9.84 Å². The van der Waals surface area contributed by atoms with Crippen molar-refractivity contribution < 1.29 is 13.2 Å². The number of fused-ring (bicyclic) bond motifs is 1. The van der Waals surface area contributed by atoms with Gasteiger partial charge in [0.1, 0.15) is 0 Å². The topological polar surface area (TPSA) is 76.1 Å². The smallest absolute Gasteiger partial charge is 0.225 e. The number of sulfone groups is 1. The maximum absolute atomic E-state index is 12.2. The van der Waals surface area contributed by atoms with Crippen molar-refractivity contribution in [2.75, 3.05) is 11.1 Å². The van der Waals surface area contributed by atoms with Crippen molar-refractivity contribution in [2.24, 2.45) is 0 Å². The summed E-state index contributed by atoms with van der Waals surface area (Å²) in [6.45, 7) is 0. The molecule has 122 valence electrons. The molecule has 3 aromatic rings. The van der Waals surface area contributed by atoms with E-state index in [0.29, 0.717) is 5.69 Å². The van der Waals surface area contributed by atoms with Gasteiger partial charge in [0.2, 0.25) is 5.91 Å². The van der Waals surface area contributed by atoms with Gasteiger partial charge in [-0.25, -0.2) is 8.42 Å². The molecule has 0 aliphatic heterocycles. The lowest BCUT2D eigenvalue weighted by Crippen LogP contribution is -2.17. The zero-order chi connectivity index (χ0) is 17.0. The minimum atomic E-state index is -3.46. The lowest BCUT2D eigenvalue weighted by molar-refractivity contribution is -0.115. The van der Waals surface area contributed by atoms with Gasteiger partial charge in [-0.1, -0.05) is 24.3 Å². The van der Waals surface area contributed by atoms with Crippen molar-refractivity contribution in [1.82, 2.24) is 4.98 Å². The molecule has 3 rings (SSSR count). The minimum Gasteiger partial charge on any atom is -0.325 e. The van der Waals surface area contributed by atoms with Crippen molar-refractivity contribution in [3.63, 3.8) is 0 Å². The molecule has 0 radical (unpaired) electrons. The highest BCUT2D eigenvalue weighted by molar-refractivity contribution is 7.91. The number of benzene rings is 2. The van der Waals surface area contributed by atoms with E-state index in [1.54, 1.807) is 42.6 Å². The van der Waals surface area contributed by atoms with Crippen LogP contribution in [0.15, 0.2) is 71.8 Å². The van der Waals surface area contributed by atoms with Crippen molar-refractivity contribution in [3.05, 3.63) is 66.9 Å². The summed E-state index contributed by atoms with van der Waals surface area (Å²) in [5, 5.41) is 3.58. The standard InChI is InChI=1S/C18H16N2O3S/c21-18(11-13-24(22,23)14-6-2-1-3-7-14)20-17-10-4-9-16-15(17)8-5-12-19-16/h1-10,12H,11,13H2,(H,20,21). The van der Waals surface area contributed by atoms with Crippen LogP contribution in [-0.2, 0) is 14.6 Å². The van der Waals surface area contributed by atoms with Gasteiger partial charge < -0.3 is 5.32 Å². The van der Waals surface area contributed by atoms with E-state index in [1.165, 1.54) is 12.1 Å². The third kappa shape index (κ3) is 3.60. The Morgan fingerprint density at radius 3 is 2.54 bits per heavy atom. The van der Waals surface area contributed by atoms with Crippen molar-refractivity contribution in [1.29, 1.82) is 0 Å². The summed E-state index contributed by atoms with van der Waals surface area (Å²) < 4.78 is 24.4. The second-order valence-corrected chi connectivity index (χ2v) is 7.41. The van der Waals surface area contributed by atoms with Crippen LogP contribution in [0.1, 0.15) is 6.42 Å². The van der Waals surface area contributed by atoms with E-state index < -0.39 is 9.84 Å². The van der Waals surface area contributed by atoms with E-state index in [9.17, 15) is 13.2 Å². The van der Waals surface area contributed by atoms with Crippen LogP contribution in [0.2, 0.25) is 0 Å². The molecule has 0 spiro atoms. The molecule has 0 unspecified atom stereocenters. The maximum atomic E-state index is 12.2. The Balaban J connectivity index is 1.70. The molecule has 0 atom stereocenters. The molecule has 24 heavy (non-hydrogen) atoms. The van der Waals surface area contributed by atoms with E-state index in [2.05, 4.69) is 10.3 Å². The van der Waals surface area contributed by atoms with E-state index in [-0.39, 0.29) is 23.0 Å². The Hall–Kier alpha value is -2.73. The monoisotopic (exact) mass is 340 g/mol. The lowest BCUT2D eigenvalue weighted by atomic mass is 10.2. The molecule has 1 heterocycles. The number of hydrogen-bond acceptors (Lipinski definition) is 4. The normalized spacial score (nSPS) is 11.3. The highest BCUT2D eigenvalue weighted by Gasteiger charge is 2.16. The molecule has 0 aliphatic carbocycles. The van der Waals surface area contributed by atoms with Crippen LogP contribution in [0, 0.1) is 0 Å². The van der Waals surface area contributed by atoms with Gasteiger partial charge in [0.05, 0.1) is 21.9 Å². The minimum absolute atomic E-state index is 0.103. The average Bonchev–Trinajstić information content (AvgIpc) is 2.61. The largest absolute Gasteiger partial charge is 0.325 e. The van der Waals surface area contributed by atoms with Crippen LogP contribution in [0.3, 0.4) is 0 Å². The summed E-state index contributed by atoms with van der Waals surface area (Å²) in [5.41, 5.74) is 1.40. The third-order valence-electron chi connectivity index (χ3n) is 3.62. The summed E-state index contributed by atoms with van der Waals surface area (Å²) in [6, 6.07) is 17.2. The van der Waals surface area contributed by atoms with Gasteiger partial charge in [0, 0.05) is 18.0 Å². The van der Waals surface area contributed by atoms with E-state index >= 15 is 0 Å². The first-order chi connectivity index (χ1) is 11.6. The average molecular weight is 340 g/mol. The fourth-order valence-electron chi connectivity index (χ4n) is 2.40. The van der Waals surface area contributed by atoms with Gasteiger partial charge >= 0.3 is 0 Å². The van der Waals surface area contributed by atoms with Crippen LogP contribution in [0.4, 0.5) is 5.69 Å². The Morgan fingerprint density at radius 2 is 1.75 bits per heavy atom. The van der Waals surface area contributed by atoms with Crippen molar-refractivity contribution in [2.45, 2.75) is 11.3 Å². The number of amides is 1. The zero-order valence-corrected chi connectivity index (χ0v) is 13.7. The number of carbonyl (C=O) groups is 1. The molecule has 0 saturated heterocycles. The van der Waals surface area contributed by atoms with Crippen LogP contribution in [0.25, 0.3) is 10.9 Å². The van der Waals surface area contributed by atoms with Gasteiger partial charge in [-0.2, -0.15) is 0 Å². The first-order valence-electron chi connectivity index (χ1n) is 7.48. The summed E-state index contributed by atoms with van der Waals surface area (Å²) in [5.74, 6) is -0.572. The van der Waals surface area contributed by atoms with Gasteiger partial charge in [-0.15, -0.1) is 0 Å². The quantitative estimate of drug-likeness (QED) is 0.774. The summed E-state index contributed by atoms with van der Waals surface area (Å²) in [4.78, 5) is 16.6. The fourth-order valence-corrected chi connectivity index (χ4v) is 3.66. The second kappa shape index (κ2) is 6.80. The number of pyridine rings is 1.